The number of pyridine rings is 1. The van der Waals surface area contributed by atoms with Gasteiger partial charge in [-0.15, -0.1) is 0 Å². The lowest BCUT2D eigenvalue weighted by Crippen LogP contribution is -2.23. The van der Waals surface area contributed by atoms with Gasteiger partial charge in [-0.25, -0.2) is 4.39 Å². The minimum Gasteiger partial charge on any atom is -0.308 e. The van der Waals surface area contributed by atoms with Crippen LogP contribution in [-0.4, -0.2) is 23.0 Å². The highest BCUT2D eigenvalue weighted by atomic mass is 32.2. The quantitative estimate of drug-likeness (QED) is 0.770. The molecule has 2 heterocycles. The van der Waals surface area contributed by atoms with Crippen LogP contribution in [-0.2, 0) is 0 Å². The number of halogens is 1. The summed E-state index contributed by atoms with van der Waals surface area (Å²) in [6, 6.07) is 3.52. The van der Waals surface area contributed by atoms with Crippen molar-refractivity contribution in [2.24, 2.45) is 0 Å². The highest BCUT2D eigenvalue weighted by Crippen LogP contribution is 2.19. The maximum Gasteiger partial charge on any atom is 0.141 e. The summed E-state index contributed by atoms with van der Waals surface area (Å²) >= 11 is 1.93. The summed E-state index contributed by atoms with van der Waals surface area (Å²) in [5.74, 6) is 1.96. The van der Waals surface area contributed by atoms with Gasteiger partial charge in [0.2, 0.25) is 0 Å². The lowest BCUT2D eigenvalue weighted by molar-refractivity contribution is 0.568. The predicted octanol–water partition coefficient (Wildman–Crippen LogP) is 1.99. The topological polar surface area (TPSA) is 24.9 Å². The van der Waals surface area contributed by atoms with Gasteiger partial charge in [-0.2, -0.15) is 11.8 Å². The molecule has 0 aromatic carbocycles. The van der Waals surface area contributed by atoms with E-state index in [2.05, 4.69) is 10.3 Å². The summed E-state index contributed by atoms with van der Waals surface area (Å²) in [5, 5.41) is 3.41. The van der Waals surface area contributed by atoms with Crippen LogP contribution < -0.4 is 5.32 Å². The van der Waals surface area contributed by atoms with Gasteiger partial charge in [0.15, 0.2) is 0 Å². The highest BCUT2D eigenvalue weighted by Gasteiger charge is 2.14. The monoisotopic (exact) mass is 212 g/mol. The van der Waals surface area contributed by atoms with Crippen LogP contribution in [0.1, 0.15) is 18.2 Å². The summed E-state index contributed by atoms with van der Waals surface area (Å²) in [5.41, 5.74) is 0.945. The zero-order chi connectivity index (χ0) is 9.80. The number of aromatic nitrogens is 1. The van der Waals surface area contributed by atoms with E-state index in [-0.39, 0.29) is 11.9 Å². The van der Waals surface area contributed by atoms with Gasteiger partial charge in [-0.3, -0.25) is 4.98 Å². The number of hydrogen-bond acceptors (Lipinski definition) is 3. The van der Waals surface area contributed by atoms with E-state index in [0.29, 0.717) is 0 Å². The number of thioether (sulfide) groups is 1. The van der Waals surface area contributed by atoms with Crippen molar-refractivity contribution in [1.82, 2.24) is 10.3 Å². The smallest absolute Gasteiger partial charge is 0.141 e. The lowest BCUT2D eigenvalue weighted by atomic mass is 10.2. The molecule has 0 aliphatic carbocycles. The minimum atomic E-state index is -0.268. The average Bonchev–Trinajstić information content (AvgIpc) is 2.47. The third-order valence-electron chi connectivity index (χ3n) is 2.25. The zero-order valence-corrected chi connectivity index (χ0v) is 8.69. The van der Waals surface area contributed by atoms with E-state index in [1.54, 1.807) is 6.07 Å². The van der Waals surface area contributed by atoms with Gasteiger partial charge < -0.3 is 5.32 Å². The Balaban J connectivity index is 2.08. The zero-order valence-electron chi connectivity index (χ0n) is 7.87. The fraction of sp³-hybridized carbons (Fsp3) is 0.500. The normalized spacial score (nSPS) is 23.1. The van der Waals surface area contributed by atoms with Crippen molar-refractivity contribution in [3.05, 3.63) is 29.8 Å². The molecule has 1 aromatic rings. The molecule has 1 atom stereocenters. The Kier molecular flexibility index (Phi) is 3.37. The maximum absolute atomic E-state index is 12.6. The van der Waals surface area contributed by atoms with Crippen LogP contribution >= 0.6 is 11.8 Å². The molecule has 1 fully saturated rings. The Morgan fingerprint density at radius 2 is 2.43 bits per heavy atom. The number of rotatable bonds is 1. The Bertz CT molecular complexity index is 281. The molecule has 2 rings (SSSR count). The molecule has 1 aromatic heterocycles. The van der Waals surface area contributed by atoms with Gasteiger partial charge in [0.25, 0.3) is 0 Å². The van der Waals surface area contributed by atoms with Gasteiger partial charge in [0.05, 0.1) is 17.9 Å². The molecule has 1 aliphatic heterocycles. The van der Waals surface area contributed by atoms with Crippen LogP contribution in [0.2, 0.25) is 0 Å². The molecule has 1 aliphatic rings. The Morgan fingerprint density at radius 1 is 1.50 bits per heavy atom. The van der Waals surface area contributed by atoms with Crippen LogP contribution in [0.4, 0.5) is 4.39 Å². The van der Waals surface area contributed by atoms with Crippen LogP contribution in [0, 0.1) is 5.82 Å². The molecule has 14 heavy (non-hydrogen) atoms. The summed E-state index contributed by atoms with van der Waals surface area (Å²) in [6.07, 6.45) is 2.48. The summed E-state index contributed by atoms with van der Waals surface area (Å²) in [6.45, 7) is 1.02. The van der Waals surface area contributed by atoms with Crippen molar-refractivity contribution in [2.75, 3.05) is 18.1 Å². The predicted molar refractivity (Wildman–Crippen MR) is 56.9 cm³/mol. The van der Waals surface area contributed by atoms with Crippen LogP contribution in [0.25, 0.3) is 0 Å². The molecule has 76 valence electrons. The van der Waals surface area contributed by atoms with Gasteiger partial charge >= 0.3 is 0 Å². The van der Waals surface area contributed by atoms with E-state index in [1.807, 2.05) is 11.8 Å². The molecule has 0 amide bonds. The van der Waals surface area contributed by atoms with E-state index in [9.17, 15) is 4.39 Å². The van der Waals surface area contributed by atoms with Crippen molar-refractivity contribution in [2.45, 2.75) is 12.5 Å². The molecule has 2 nitrogen and oxygen atoms in total. The average molecular weight is 212 g/mol. The van der Waals surface area contributed by atoms with Gasteiger partial charge in [0, 0.05) is 5.75 Å². The first-order chi connectivity index (χ1) is 6.86. The second-order valence-electron chi connectivity index (χ2n) is 3.34. The first-order valence-electron chi connectivity index (χ1n) is 4.79. The van der Waals surface area contributed by atoms with Gasteiger partial charge in [-0.05, 0) is 30.9 Å². The Labute approximate surface area is 87.3 Å². The minimum absolute atomic E-state index is 0.268. The summed E-state index contributed by atoms with van der Waals surface area (Å²) < 4.78 is 12.6. The fourth-order valence-corrected chi connectivity index (χ4v) is 2.53. The van der Waals surface area contributed by atoms with Crippen LogP contribution in [0.15, 0.2) is 18.3 Å². The Morgan fingerprint density at radius 3 is 3.21 bits per heavy atom. The third-order valence-corrected chi connectivity index (χ3v) is 3.39. The standard InChI is InChI=1S/C10H13FN2S/c11-8-2-3-9(13-6-8)10-7-14-5-1-4-12-10/h2-3,6,10,12H,1,4-5,7H2. The first-order valence-corrected chi connectivity index (χ1v) is 5.94. The molecule has 1 N–H and O–H groups in total. The second-order valence-corrected chi connectivity index (χ2v) is 4.49. The fourth-order valence-electron chi connectivity index (χ4n) is 1.49. The van der Waals surface area contributed by atoms with E-state index in [4.69, 9.17) is 0 Å². The summed E-state index contributed by atoms with van der Waals surface area (Å²) in [4.78, 5) is 4.09. The van der Waals surface area contributed by atoms with Crippen molar-refractivity contribution in [1.29, 1.82) is 0 Å². The van der Waals surface area contributed by atoms with Crippen molar-refractivity contribution >= 4 is 11.8 Å². The van der Waals surface area contributed by atoms with Crippen molar-refractivity contribution < 1.29 is 4.39 Å². The lowest BCUT2D eigenvalue weighted by Gasteiger charge is -2.13. The van der Waals surface area contributed by atoms with E-state index in [1.165, 1.54) is 24.4 Å². The van der Waals surface area contributed by atoms with E-state index < -0.39 is 0 Å². The maximum atomic E-state index is 12.6. The number of nitrogens with zero attached hydrogens (tertiary/aromatic N) is 1. The number of hydrogen-bond donors (Lipinski definition) is 1. The van der Waals surface area contributed by atoms with Crippen LogP contribution in [0.3, 0.4) is 0 Å². The number of nitrogens with one attached hydrogen (secondary N) is 1. The molecule has 0 saturated carbocycles. The molecular formula is C10H13FN2S. The largest absolute Gasteiger partial charge is 0.308 e. The summed E-state index contributed by atoms with van der Waals surface area (Å²) in [7, 11) is 0. The molecule has 0 spiro atoms. The van der Waals surface area contributed by atoms with E-state index >= 15 is 0 Å². The van der Waals surface area contributed by atoms with Crippen LogP contribution in [0.5, 0.6) is 0 Å². The first kappa shape index (κ1) is 9.93. The Hall–Kier alpha value is -0.610. The molecule has 1 saturated heterocycles. The van der Waals surface area contributed by atoms with Crippen molar-refractivity contribution in [3.63, 3.8) is 0 Å². The van der Waals surface area contributed by atoms with Gasteiger partial charge in [-0.1, -0.05) is 0 Å². The third kappa shape index (κ3) is 2.45. The highest BCUT2D eigenvalue weighted by molar-refractivity contribution is 7.99. The van der Waals surface area contributed by atoms with E-state index in [0.717, 1.165) is 18.0 Å². The van der Waals surface area contributed by atoms with Gasteiger partial charge in [0.1, 0.15) is 5.82 Å². The molecule has 0 radical (unpaired) electrons. The molecular weight excluding hydrogens is 199 g/mol. The second kappa shape index (κ2) is 4.75. The van der Waals surface area contributed by atoms with Crippen molar-refractivity contribution in [3.8, 4) is 0 Å². The molecule has 1 unspecified atom stereocenters. The molecule has 0 bridgehead atoms. The molecule has 4 heteroatoms. The SMILES string of the molecule is Fc1ccc(C2CSCCCN2)nc1.